The van der Waals surface area contributed by atoms with Gasteiger partial charge in [-0.25, -0.2) is 0 Å². The van der Waals surface area contributed by atoms with Gasteiger partial charge in [0.05, 0.1) is 0 Å². The molecule has 106 valence electrons. The zero-order valence-corrected chi connectivity index (χ0v) is 13.2. The van der Waals surface area contributed by atoms with Crippen LogP contribution in [-0.2, 0) is 0 Å². The zero-order chi connectivity index (χ0) is 14.6. The first-order chi connectivity index (χ1) is 8.90. The average Bonchev–Trinajstić information content (AvgIpc) is 2.39. The quantitative estimate of drug-likeness (QED) is 0.768. The highest BCUT2D eigenvalue weighted by Crippen LogP contribution is 2.24. The van der Waals surface area contributed by atoms with Gasteiger partial charge in [-0.3, -0.25) is 4.79 Å². The van der Waals surface area contributed by atoms with Crippen molar-refractivity contribution < 1.29 is 4.79 Å². The lowest BCUT2D eigenvalue weighted by Crippen LogP contribution is -2.30. The minimum absolute atomic E-state index is 0.148. The van der Waals surface area contributed by atoms with Gasteiger partial charge in [0, 0.05) is 18.7 Å². The van der Waals surface area contributed by atoms with Gasteiger partial charge in [-0.05, 0) is 48.9 Å². The van der Waals surface area contributed by atoms with E-state index in [1.54, 1.807) is 0 Å². The Balaban J connectivity index is 3.22. The molecule has 1 aromatic carbocycles. The maximum absolute atomic E-state index is 12.5. The highest BCUT2D eigenvalue weighted by molar-refractivity contribution is 5.94. The van der Waals surface area contributed by atoms with Crippen molar-refractivity contribution in [2.45, 2.75) is 53.4 Å². The number of benzene rings is 1. The molecule has 1 amide bonds. The maximum atomic E-state index is 12.5. The van der Waals surface area contributed by atoms with Crippen LogP contribution in [0.15, 0.2) is 18.2 Å². The van der Waals surface area contributed by atoms with Gasteiger partial charge in [0.2, 0.25) is 0 Å². The van der Waals surface area contributed by atoms with E-state index >= 15 is 0 Å². The van der Waals surface area contributed by atoms with E-state index in [0.29, 0.717) is 11.8 Å². The van der Waals surface area contributed by atoms with Crippen LogP contribution in [0.25, 0.3) is 0 Å². The van der Waals surface area contributed by atoms with Gasteiger partial charge in [0.25, 0.3) is 5.91 Å². The fraction of sp³-hybridized carbons (Fsp3) is 0.588. The van der Waals surface area contributed by atoms with Crippen molar-refractivity contribution >= 4 is 5.91 Å². The minimum Gasteiger partial charge on any atom is -0.339 e. The Hall–Kier alpha value is -1.31. The Morgan fingerprint density at radius 3 is 1.68 bits per heavy atom. The summed E-state index contributed by atoms with van der Waals surface area (Å²) in [7, 11) is 0. The second kappa shape index (κ2) is 6.74. The van der Waals surface area contributed by atoms with Crippen LogP contribution < -0.4 is 0 Å². The molecule has 0 atom stereocenters. The van der Waals surface area contributed by atoms with Crippen LogP contribution in [0.5, 0.6) is 0 Å². The van der Waals surface area contributed by atoms with Crippen molar-refractivity contribution in [2.24, 2.45) is 0 Å². The van der Waals surface area contributed by atoms with Crippen molar-refractivity contribution in [3.8, 4) is 0 Å². The van der Waals surface area contributed by atoms with Gasteiger partial charge >= 0.3 is 0 Å². The second-order valence-electron chi connectivity index (χ2n) is 5.68. The van der Waals surface area contributed by atoms with Gasteiger partial charge in [-0.15, -0.1) is 0 Å². The monoisotopic (exact) mass is 261 g/mol. The van der Waals surface area contributed by atoms with Gasteiger partial charge in [-0.1, -0.05) is 33.8 Å². The fourth-order valence-electron chi connectivity index (χ4n) is 2.16. The molecule has 0 aromatic heterocycles. The van der Waals surface area contributed by atoms with Crippen molar-refractivity contribution in [3.63, 3.8) is 0 Å². The van der Waals surface area contributed by atoms with E-state index in [1.165, 1.54) is 11.1 Å². The first-order valence-corrected chi connectivity index (χ1v) is 7.34. The summed E-state index contributed by atoms with van der Waals surface area (Å²) in [5.74, 6) is 1.04. The molecular formula is C17H27NO. The Morgan fingerprint density at radius 2 is 1.37 bits per heavy atom. The van der Waals surface area contributed by atoms with Crippen LogP contribution in [-0.4, -0.2) is 23.9 Å². The molecule has 0 aliphatic rings. The molecule has 0 radical (unpaired) electrons. The molecule has 0 fully saturated rings. The third-order valence-electron chi connectivity index (χ3n) is 3.61. The smallest absolute Gasteiger partial charge is 0.253 e. The molecule has 1 aromatic rings. The molecule has 19 heavy (non-hydrogen) atoms. The van der Waals surface area contributed by atoms with Gasteiger partial charge in [-0.2, -0.15) is 0 Å². The van der Waals surface area contributed by atoms with Gasteiger partial charge < -0.3 is 4.90 Å². The third kappa shape index (κ3) is 3.82. The number of rotatable bonds is 5. The first-order valence-electron chi connectivity index (χ1n) is 7.34. The van der Waals surface area contributed by atoms with Crippen molar-refractivity contribution in [3.05, 3.63) is 34.9 Å². The molecule has 0 saturated heterocycles. The van der Waals surface area contributed by atoms with Gasteiger partial charge in [0.15, 0.2) is 0 Å². The number of hydrogen-bond acceptors (Lipinski definition) is 1. The summed E-state index contributed by atoms with van der Waals surface area (Å²) >= 11 is 0. The molecule has 0 spiro atoms. The Labute approximate surface area is 117 Å². The van der Waals surface area contributed by atoms with E-state index in [9.17, 15) is 4.79 Å². The first kappa shape index (κ1) is 15.7. The van der Waals surface area contributed by atoms with Crippen molar-refractivity contribution in [2.75, 3.05) is 13.1 Å². The fourth-order valence-corrected chi connectivity index (χ4v) is 2.16. The van der Waals surface area contributed by atoms with Crippen LogP contribution >= 0.6 is 0 Å². The summed E-state index contributed by atoms with van der Waals surface area (Å²) in [6.07, 6.45) is 0. The van der Waals surface area contributed by atoms with Gasteiger partial charge in [0.1, 0.15) is 0 Å². The highest BCUT2D eigenvalue weighted by Gasteiger charge is 2.15. The zero-order valence-electron chi connectivity index (χ0n) is 13.2. The lowest BCUT2D eigenvalue weighted by atomic mass is 9.93. The minimum atomic E-state index is 0.148. The summed E-state index contributed by atoms with van der Waals surface area (Å²) in [6.45, 7) is 14.3. The molecular weight excluding hydrogens is 234 g/mol. The lowest BCUT2D eigenvalue weighted by molar-refractivity contribution is 0.0773. The molecule has 0 unspecified atom stereocenters. The number of amides is 1. The van der Waals surface area contributed by atoms with E-state index in [-0.39, 0.29) is 5.91 Å². The van der Waals surface area contributed by atoms with Crippen molar-refractivity contribution in [1.82, 2.24) is 4.90 Å². The van der Waals surface area contributed by atoms with Crippen LogP contribution in [0, 0.1) is 0 Å². The predicted molar refractivity (Wildman–Crippen MR) is 81.9 cm³/mol. The molecule has 0 bridgehead atoms. The predicted octanol–water partition coefficient (Wildman–Crippen LogP) is 4.42. The van der Waals surface area contributed by atoms with Crippen LogP contribution in [0.4, 0.5) is 0 Å². The molecule has 0 aliphatic heterocycles. The average molecular weight is 261 g/mol. The topological polar surface area (TPSA) is 20.3 Å². The largest absolute Gasteiger partial charge is 0.339 e. The SMILES string of the molecule is CCN(CC)C(=O)c1cc(C(C)C)cc(C(C)C)c1. The van der Waals surface area contributed by atoms with Crippen LogP contribution in [0.1, 0.15) is 74.9 Å². The molecule has 2 heteroatoms. The maximum Gasteiger partial charge on any atom is 0.253 e. The summed E-state index contributed by atoms with van der Waals surface area (Å²) < 4.78 is 0. The Bertz CT molecular complexity index is 405. The molecule has 0 aliphatic carbocycles. The number of carbonyl (C=O) groups excluding carboxylic acids is 1. The molecule has 2 nitrogen and oxygen atoms in total. The van der Waals surface area contributed by atoms with Crippen molar-refractivity contribution in [1.29, 1.82) is 0 Å². The van der Waals surface area contributed by atoms with Crippen LogP contribution in [0.2, 0.25) is 0 Å². The van der Waals surface area contributed by atoms with E-state index < -0.39 is 0 Å². The number of carbonyl (C=O) groups is 1. The summed E-state index contributed by atoms with van der Waals surface area (Å²) in [4.78, 5) is 14.4. The van der Waals surface area contributed by atoms with Crippen LogP contribution in [0.3, 0.4) is 0 Å². The Morgan fingerprint density at radius 1 is 0.947 bits per heavy atom. The second-order valence-corrected chi connectivity index (χ2v) is 5.68. The molecule has 0 heterocycles. The molecule has 0 N–H and O–H groups in total. The molecule has 0 saturated carbocycles. The molecule has 1 rings (SSSR count). The lowest BCUT2D eigenvalue weighted by Gasteiger charge is -2.21. The van der Waals surface area contributed by atoms with E-state index in [0.717, 1.165) is 18.7 Å². The van der Waals surface area contributed by atoms with E-state index in [4.69, 9.17) is 0 Å². The Kier molecular flexibility index (Phi) is 5.59. The number of hydrogen-bond donors (Lipinski definition) is 0. The standard InChI is InChI=1S/C17H27NO/c1-7-18(8-2)17(19)16-10-14(12(3)4)9-15(11-16)13(5)6/h9-13H,7-8H2,1-6H3. The third-order valence-corrected chi connectivity index (χ3v) is 3.61. The summed E-state index contributed by atoms with van der Waals surface area (Å²) in [5, 5.41) is 0. The van der Waals surface area contributed by atoms with E-state index in [2.05, 4.69) is 45.9 Å². The normalized spacial score (nSPS) is 11.2. The number of nitrogens with zero attached hydrogens (tertiary/aromatic N) is 1. The van der Waals surface area contributed by atoms with E-state index in [1.807, 2.05) is 18.7 Å². The summed E-state index contributed by atoms with van der Waals surface area (Å²) in [6, 6.07) is 6.34. The highest BCUT2D eigenvalue weighted by atomic mass is 16.2. The summed E-state index contributed by atoms with van der Waals surface area (Å²) in [5.41, 5.74) is 3.34.